The van der Waals surface area contributed by atoms with Gasteiger partial charge in [-0.25, -0.2) is 4.98 Å². The van der Waals surface area contributed by atoms with Crippen molar-refractivity contribution in [3.05, 3.63) is 33.1 Å². The number of aromatic nitrogens is 1. The molecule has 0 aliphatic heterocycles. The Kier molecular flexibility index (Phi) is 4.08. The second kappa shape index (κ2) is 5.65. The number of pyridine rings is 1. The molecule has 0 radical (unpaired) electrons. The van der Waals surface area contributed by atoms with Crippen molar-refractivity contribution < 1.29 is 19.6 Å². The van der Waals surface area contributed by atoms with Crippen LogP contribution in [0.3, 0.4) is 0 Å². The van der Waals surface area contributed by atoms with E-state index in [1.165, 1.54) is 12.3 Å². The predicted octanol–water partition coefficient (Wildman–Crippen LogP) is 1.77. The van der Waals surface area contributed by atoms with Gasteiger partial charge in [-0.1, -0.05) is 11.6 Å². The highest BCUT2D eigenvalue weighted by molar-refractivity contribution is 6.32. The first kappa shape index (κ1) is 15.2. The van der Waals surface area contributed by atoms with Gasteiger partial charge in [0.05, 0.1) is 16.9 Å². The van der Waals surface area contributed by atoms with E-state index < -0.39 is 28.0 Å². The molecule has 21 heavy (non-hydrogen) atoms. The molecule has 0 unspecified atom stereocenters. The van der Waals surface area contributed by atoms with Crippen molar-refractivity contribution in [2.75, 3.05) is 0 Å². The van der Waals surface area contributed by atoms with Crippen molar-refractivity contribution >= 4 is 29.2 Å². The summed E-state index contributed by atoms with van der Waals surface area (Å²) in [6.07, 6.45) is 2.82. The third-order valence-electron chi connectivity index (χ3n) is 3.49. The van der Waals surface area contributed by atoms with Crippen molar-refractivity contribution in [1.82, 2.24) is 10.3 Å². The van der Waals surface area contributed by atoms with Crippen LogP contribution in [0.4, 0.5) is 5.69 Å². The van der Waals surface area contributed by atoms with Gasteiger partial charge in [0.15, 0.2) is 0 Å². The molecule has 1 aliphatic rings. The van der Waals surface area contributed by atoms with E-state index in [2.05, 4.69) is 10.3 Å². The maximum atomic E-state index is 12.2. The second-order valence-corrected chi connectivity index (χ2v) is 5.27. The van der Waals surface area contributed by atoms with Crippen LogP contribution in [0.5, 0.6) is 0 Å². The van der Waals surface area contributed by atoms with Crippen LogP contribution < -0.4 is 5.32 Å². The number of nitrogens with zero attached hydrogens (tertiary/aromatic N) is 2. The molecule has 9 heteroatoms. The quantitative estimate of drug-likeness (QED) is 0.485. The summed E-state index contributed by atoms with van der Waals surface area (Å²) in [6, 6.07) is 1.19. The number of carboxylic acid groups (broad SMARTS) is 1. The fourth-order valence-electron chi connectivity index (χ4n) is 2.33. The van der Waals surface area contributed by atoms with E-state index in [-0.39, 0.29) is 17.1 Å². The molecule has 0 saturated heterocycles. The van der Waals surface area contributed by atoms with Crippen molar-refractivity contribution in [1.29, 1.82) is 0 Å². The molecule has 1 aliphatic carbocycles. The molecular formula is C12H12ClN3O5. The van der Waals surface area contributed by atoms with Gasteiger partial charge < -0.3 is 10.4 Å². The molecule has 0 spiro atoms. The maximum absolute atomic E-state index is 12.2. The van der Waals surface area contributed by atoms with Crippen LogP contribution in [0.2, 0.25) is 5.15 Å². The van der Waals surface area contributed by atoms with Crippen LogP contribution in [0.25, 0.3) is 0 Å². The van der Waals surface area contributed by atoms with Crippen LogP contribution in [0, 0.1) is 10.1 Å². The van der Waals surface area contributed by atoms with Gasteiger partial charge in [0.1, 0.15) is 5.56 Å². The summed E-state index contributed by atoms with van der Waals surface area (Å²) in [4.78, 5) is 36.9. The zero-order valence-electron chi connectivity index (χ0n) is 10.8. The summed E-state index contributed by atoms with van der Waals surface area (Å²) in [5, 5.41) is 22.1. The lowest BCUT2D eigenvalue weighted by molar-refractivity contribution is -0.385. The van der Waals surface area contributed by atoms with E-state index >= 15 is 0 Å². The first-order valence-corrected chi connectivity index (χ1v) is 6.56. The molecule has 1 saturated carbocycles. The van der Waals surface area contributed by atoms with Crippen molar-refractivity contribution in [2.24, 2.45) is 0 Å². The normalized spacial score (nSPS) is 15.9. The van der Waals surface area contributed by atoms with E-state index in [4.69, 9.17) is 16.7 Å². The molecule has 0 atom stereocenters. The molecule has 8 nitrogen and oxygen atoms in total. The average molecular weight is 314 g/mol. The number of halogens is 1. The smallest absolute Gasteiger partial charge is 0.319 e. The highest BCUT2D eigenvalue weighted by Crippen LogP contribution is 2.36. The standard InChI is InChI=1S/C12H12ClN3O5/c13-10-9(16(20)21)7(2-5-14-10)11(19)15-12(3-1-4-12)6-8(17)18/h2,5H,1,3-4,6H2,(H,15,19)(H,17,18). The van der Waals surface area contributed by atoms with E-state index in [1.807, 2.05) is 0 Å². The minimum absolute atomic E-state index is 0.217. The van der Waals surface area contributed by atoms with E-state index in [0.29, 0.717) is 12.8 Å². The van der Waals surface area contributed by atoms with Crippen LogP contribution >= 0.6 is 11.6 Å². The molecule has 1 aromatic rings. The van der Waals surface area contributed by atoms with E-state index in [9.17, 15) is 19.7 Å². The SMILES string of the molecule is O=C(O)CC1(NC(=O)c2ccnc(Cl)c2[N+](=O)[O-])CCC1. The molecule has 2 N–H and O–H groups in total. The van der Waals surface area contributed by atoms with E-state index in [1.54, 1.807) is 0 Å². The number of amides is 1. The van der Waals surface area contributed by atoms with Gasteiger partial charge in [-0.3, -0.25) is 19.7 Å². The third-order valence-corrected chi connectivity index (χ3v) is 3.76. The summed E-state index contributed by atoms with van der Waals surface area (Å²) < 4.78 is 0. The molecule has 1 heterocycles. The van der Waals surface area contributed by atoms with Gasteiger partial charge >= 0.3 is 11.7 Å². The topological polar surface area (TPSA) is 122 Å². The van der Waals surface area contributed by atoms with Gasteiger partial charge in [-0.05, 0) is 25.3 Å². The molecule has 1 aromatic heterocycles. The van der Waals surface area contributed by atoms with Gasteiger partial charge in [-0.15, -0.1) is 0 Å². The van der Waals surface area contributed by atoms with E-state index in [0.717, 1.165) is 6.42 Å². The Bertz CT molecular complexity index is 615. The Morgan fingerprint density at radius 3 is 2.67 bits per heavy atom. The number of hydrogen-bond acceptors (Lipinski definition) is 5. The molecular weight excluding hydrogens is 302 g/mol. The molecule has 0 aromatic carbocycles. The first-order chi connectivity index (χ1) is 9.84. The molecule has 112 valence electrons. The lowest BCUT2D eigenvalue weighted by Gasteiger charge is -2.41. The lowest BCUT2D eigenvalue weighted by atomic mass is 9.74. The van der Waals surface area contributed by atoms with Crippen molar-refractivity contribution in [2.45, 2.75) is 31.2 Å². The number of carboxylic acids is 1. The minimum atomic E-state index is -1.03. The Morgan fingerprint density at radius 1 is 1.52 bits per heavy atom. The highest BCUT2D eigenvalue weighted by atomic mass is 35.5. The monoisotopic (exact) mass is 313 g/mol. The fraction of sp³-hybridized carbons (Fsp3) is 0.417. The number of nitro groups is 1. The van der Waals surface area contributed by atoms with Crippen LogP contribution in [0.15, 0.2) is 12.3 Å². The summed E-state index contributed by atoms with van der Waals surface area (Å²) in [5.74, 6) is -1.75. The Balaban J connectivity index is 2.27. The van der Waals surface area contributed by atoms with Gasteiger partial charge in [-0.2, -0.15) is 0 Å². The Labute approximate surface area is 124 Å². The van der Waals surface area contributed by atoms with Gasteiger partial charge in [0, 0.05) is 6.20 Å². The molecule has 1 amide bonds. The van der Waals surface area contributed by atoms with Crippen LogP contribution in [0.1, 0.15) is 36.0 Å². The molecule has 1 fully saturated rings. The van der Waals surface area contributed by atoms with Crippen molar-refractivity contribution in [3.8, 4) is 0 Å². The number of carbonyl (C=O) groups is 2. The minimum Gasteiger partial charge on any atom is -0.481 e. The number of nitrogens with one attached hydrogen (secondary N) is 1. The van der Waals surface area contributed by atoms with Gasteiger partial charge in [0.25, 0.3) is 5.91 Å². The summed E-state index contributed by atoms with van der Waals surface area (Å²) in [6.45, 7) is 0. The predicted molar refractivity (Wildman–Crippen MR) is 72.2 cm³/mol. The lowest BCUT2D eigenvalue weighted by Crippen LogP contribution is -2.54. The molecule has 0 bridgehead atoms. The second-order valence-electron chi connectivity index (χ2n) is 4.91. The number of hydrogen-bond donors (Lipinski definition) is 2. The Hall–Kier alpha value is -2.22. The number of rotatable bonds is 5. The highest BCUT2D eigenvalue weighted by Gasteiger charge is 2.41. The number of aliphatic carboxylic acids is 1. The zero-order chi connectivity index (χ0) is 15.6. The van der Waals surface area contributed by atoms with Crippen molar-refractivity contribution in [3.63, 3.8) is 0 Å². The average Bonchev–Trinajstić information content (AvgIpc) is 2.34. The Morgan fingerprint density at radius 2 is 2.19 bits per heavy atom. The van der Waals surface area contributed by atoms with Crippen LogP contribution in [-0.4, -0.2) is 32.4 Å². The third kappa shape index (κ3) is 3.10. The number of carbonyl (C=O) groups excluding carboxylic acids is 1. The summed E-state index contributed by atoms with van der Waals surface area (Å²) in [5.41, 5.74) is -1.65. The zero-order valence-corrected chi connectivity index (χ0v) is 11.6. The van der Waals surface area contributed by atoms with Gasteiger partial charge in [0.2, 0.25) is 5.15 Å². The first-order valence-electron chi connectivity index (χ1n) is 6.18. The fourth-order valence-corrected chi connectivity index (χ4v) is 2.56. The molecule has 2 rings (SSSR count). The summed E-state index contributed by atoms with van der Waals surface area (Å²) in [7, 11) is 0. The largest absolute Gasteiger partial charge is 0.481 e. The van der Waals surface area contributed by atoms with Crippen LogP contribution in [-0.2, 0) is 4.79 Å². The summed E-state index contributed by atoms with van der Waals surface area (Å²) >= 11 is 5.64. The maximum Gasteiger partial charge on any atom is 0.319 e.